The summed E-state index contributed by atoms with van der Waals surface area (Å²) in [6.07, 6.45) is 2.15. The molecule has 0 aliphatic carbocycles. The number of carbonyl (C=O) groups is 2. The van der Waals surface area contributed by atoms with Crippen molar-refractivity contribution in [2.45, 2.75) is 6.54 Å². The number of imidazole rings is 1. The highest BCUT2D eigenvalue weighted by Gasteiger charge is 2.27. The Labute approximate surface area is 200 Å². The van der Waals surface area contributed by atoms with E-state index in [1.807, 2.05) is 18.2 Å². The Bertz CT molecular complexity index is 1390. The van der Waals surface area contributed by atoms with Gasteiger partial charge in [0.15, 0.2) is 23.6 Å². The summed E-state index contributed by atoms with van der Waals surface area (Å²) in [4.78, 5) is 39.7. The molecule has 10 nitrogen and oxygen atoms in total. The molecule has 0 unspecified atom stereocenters. The summed E-state index contributed by atoms with van der Waals surface area (Å²) in [6, 6.07) is 12.2. The molecule has 2 N–H and O–H groups in total. The third-order valence-corrected chi connectivity index (χ3v) is 5.79. The molecule has 0 atom stereocenters. The van der Waals surface area contributed by atoms with Gasteiger partial charge in [-0.25, -0.2) is 9.78 Å². The van der Waals surface area contributed by atoms with Crippen LogP contribution in [0.1, 0.15) is 27.7 Å². The van der Waals surface area contributed by atoms with Crippen molar-refractivity contribution >= 4 is 46.4 Å². The molecule has 11 heteroatoms. The lowest BCUT2D eigenvalue weighted by Crippen LogP contribution is -2.39. The van der Waals surface area contributed by atoms with Crippen LogP contribution in [0.3, 0.4) is 0 Å². The van der Waals surface area contributed by atoms with Crippen molar-refractivity contribution in [3.8, 4) is 0 Å². The van der Waals surface area contributed by atoms with E-state index in [0.717, 1.165) is 16.6 Å². The highest BCUT2D eigenvalue weighted by atomic mass is 35.5. The number of nitrogens with one attached hydrogen (secondary N) is 1. The number of benzene rings is 1. The molecule has 1 aromatic carbocycles. The van der Waals surface area contributed by atoms with Crippen LogP contribution in [-0.4, -0.2) is 61.8 Å². The van der Waals surface area contributed by atoms with Gasteiger partial charge in [0.05, 0.1) is 12.2 Å². The lowest BCUT2D eigenvalue weighted by Gasteiger charge is -2.23. The number of carbonyl (C=O) groups excluding carboxylic acids is 2. The largest absolute Gasteiger partial charge is 0.410 e. The molecule has 0 saturated heterocycles. The molecule has 0 saturated carbocycles. The molecule has 0 radical (unpaired) electrons. The number of oxime groups is 1. The zero-order valence-electron chi connectivity index (χ0n) is 18.7. The van der Waals surface area contributed by atoms with Crippen LogP contribution >= 0.6 is 11.6 Å². The van der Waals surface area contributed by atoms with Gasteiger partial charge in [-0.05, 0) is 30.3 Å². The van der Waals surface area contributed by atoms with Crippen molar-refractivity contribution in [1.82, 2.24) is 24.4 Å². The van der Waals surface area contributed by atoms with Gasteiger partial charge in [-0.2, -0.15) is 0 Å². The Morgan fingerprint density at radius 1 is 1.26 bits per heavy atom. The van der Waals surface area contributed by atoms with Gasteiger partial charge < -0.3 is 19.7 Å². The first kappa shape index (κ1) is 23.0. The second-order valence-corrected chi connectivity index (χ2v) is 8.09. The number of H-pyrrole nitrogens is 1. The van der Waals surface area contributed by atoms with Crippen LogP contribution in [0.25, 0.3) is 10.9 Å². The maximum absolute atomic E-state index is 13.2. The zero-order valence-corrected chi connectivity index (χ0v) is 19.5. The topological polar surface area (TPSA) is 120 Å². The Kier molecular flexibility index (Phi) is 6.33. The fourth-order valence-corrected chi connectivity index (χ4v) is 3.96. The second kappa shape index (κ2) is 9.36. The van der Waals surface area contributed by atoms with Gasteiger partial charge in [0.1, 0.15) is 5.69 Å². The Morgan fingerprint density at radius 2 is 2.06 bits per heavy atom. The van der Waals surface area contributed by atoms with Crippen molar-refractivity contribution in [2.24, 2.45) is 12.2 Å². The van der Waals surface area contributed by atoms with E-state index in [0.29, 0.717) is 17.0 Å². The van der Waals surface area contributed by atoms with E-state index >= 15 is 0 Å². The number of aromatic nitrogens is 4. The average molecular weight is 480 g/mol. The minimum Gasteiger partial charge on any atom is -0.410 e. The molecule has 34 heavy (non-hydrogen) atoms. The van der Waals surface area contributed by atoms with Crippen molar-refractivity contribution in [3.05, 3.63) is 76.6 Å². The fourth-order valence-electron chi connectivity index (χ4n) is 3.73. The monoisotopic (exact) mass is 479 g/mol. The number of urea groups is 1. The third kappa shape index (κ3) is 4.11. The van der Waals surface area contributed by atoms with Gasteiger partial charge in [0, 0.05) is 49.0 Å². The van der Waals surface area contributed by atoms with Crippen LogP contribution in [0.5, 0.6) is 0 Å². The van der Waals surface area contributed by atoms with Crippen LogP contribution in [-0.2, 0) is 13.6 Å². The van der Waals surface area contributed by atoms with E-state index in [1.165, 1.54) is 21.4 Å². The highest BCUT2D eigenvalue weighted by Crippen LogP contribution is 2.25. The number of aromatic amines is 1. The van der Waals surface area contributed by atoms with E-state index in [9.17, 15) is 14.8 Å². The number of hydrogen-bond donors (Lipinski definition) is 2. The number of fused-ring (bicyclic) bond motifs is 1. The molecule has 2 amide bonds. The first-order valence-electron chi connectivity index (χ1n) is 10.3. The Morgan fingerprint density at radius 3 is 2.71 bits per heavy atom. The van der Waals surface area contributed by atoms with E-state index < -0.39 is 6.03 Å². The predicted molar refractivity (Wildman–Crippen MR) is 129 cm³/mol. The number of nitrogens with zero attached hydrogens (tertiary/aromatic N) is 6. The normalized spacial score (nSPS) is 11.6. The SMILES string of the molecule is CN(Cc1cc2c(Cl)cccc2[nH]1)C(=O)N(C)c1nc(/C(=N/O)c2ccccn2)n(C)c1C=O. The summed E-state index contributed by atoms with van der Waals surface area (Å²) in [5, 5.41) is 14.4. The smallest absolute Gasteiger partial charge is 0.325 e. The van der Waals surface area contributed by atoms with Gasteiger partial charge >= 0.3 is 6.03 Å². The number of rotatable bonds is 6. The summed E-state index contributed by atoms with van der Waals surface area (Å²) >= 11 is 6.25. The summed E-state index contributed by atoms with van der Waals surface area (Å²) in [5.41, 5.74) is 2.26. The maximum Gasteiger partial charge on any atom is 0.325 e. The van der Waals surface area contributed by atoms with Crippen LogP contribution in [0.4, 0.5) is 10.6 Å². The number of amides is 2. The third-order valence-electron chi connectivity index (χ3n) is 5.46. The van der Waals surface area contributed by atoms with E-state index in [4.69, 9.17) is 11.6 Å². The quantitative estimate of drug-likeness (QED) is 0.189. The lowest BCUT2D eigenvalue weighted by molar-refractivity contribution is 0.111. The first-order valence-corrected chi connectivity index (χ1v) is 10.6. The Hall–Kier alpha value is -4.18. The van der Waals surface area contributed by atoms with Gasteiger partial charge in [-0.15, -0.1) is 0 Å². The number of halogens is 1. The Balaban J connectivity index is 1.61. The molecule has 0 bridgehead atoms. The molecule has 4 aromatic rings. The van der Waals surface area contributed by atoms with Crippen molar-refractivity contribution in [3.63, 3.8) is 0 Å². The number of pyridine rings is 1. The summed E-state index contributed by atoms with van der Waals surface area (Å²) in [5.74, 6) is 0.312. The highest BCUT2D eigenvalue weighted by molar-refractivity contribution is 6.35. The first-order chi connectivity index (χ1) is 16.3. The number of anilines is 1. The van der Waals surface area contributed by atoms with Gasteiger partial charge in [0.2, 0.25) is 0 Å². The molecule has 0 aliphatic rings. The van der Waals surface area contributed by atoms with Crippen LogP contribution in [0, 0.1) is 0 Å². The maximum atomic E-state index is 13.2. The summed E-state index contributed by atoms with van der Waals surface area (Å²) in [7, 11) is 4.77. The van der Waals surface area contributed by atoms with Crippen molar-refractivity contribution < 1.29 is 14.8 Å². The molecule has 0 spiro atoms. The number of hydrogen-bond acceptors (Lipinski definition) is 6. The van der Waals surface area contributed by atoms with Gasteiger partial charge in [-0.1, -0.05) is 28.9 Å². The lowest BCUT2D eigenvalue weighted by atomic mass is 10.2. The van der Waals surface area contributed by atoms with Crippen molar-refractivity contribution in [1.29, 1.82) is 0 Å². The molecule has 0 fully saturated rings. The minimum absolute atomic E-state index is 0.0709. The molecule has 174 valence electrons. The minimum atomic E-state index is -0.391. The van der Waals surface area contributed by atoms with Crippen LogP contribution in [0.2, 0.25) is 5.02 Å². The van der Waals surface area contributed by atoms with Crippen LogP contribution < -0.4 is 4.90 Å². The van der Waals surface area contributed by atoms with Crippen molar-refractivity contribution in [2.75, 3.05) is 19.0 Å². The predicted octanol–water partition coefficient (Wildman–Crippen LogP) is 3.68. The van der Waals surface area contributed by atoms with E-state index in [1.54, 1.807) is 44.6 Å². The van der Waals surface area contributed by atoms with Gasteiger partial charge in [0.25, 0.3) is 0 Å². The molecular weight excluding hydrogens is 458 g/mol. The zero-order chi connectivity index (χ0) is 24.4. The molecule has 4 rings (SSSR count). The van der Waals surface area contributed by atoms with Gasteiger partial charge in [-0.3, -0.25) is 14.7 Å². The molecule has 3 heterocycles. The summed E-state index contributed by atoms with van der Waals surface area (Å²) < 4.78 is 1.45. The van der Waals surface area contributed by atoms with E-state index in [2.05, 4.69) is 20.1 Å². The molecular formula is C23H22ClN7O3. The van der Waals surface area contributed by atoms with Crippen LogP contribution in [0.15, 0.2) is 53.8 Å². The number of aldehydes is 1. The fraction of sp³-hybridized carbons (Fsp3) is 0.174. The summed E-state index contributed by atoms with van der Waals surface area (Å²) in [6.45, 7) is 0.279. The van der Waals surface area contributed by atoms with E-state index in [-0.39, 0.29) is 29.6 Å². The standard InChI is InChI=1S/C23H22ClN7O3/c1-29(12-14-11-15-16(24)7-6-9-17(15)26-14)23(33)31(3)21-19(13-32)30(2)22(27-21)20(28-34)18-8-4-5-10-25-18/h4-11,13,26,34H,12H2,1-3H3/b28-20+. The average Bonchev–Trinajstić information content (AvgIpc) is 3.40. The second-order valence-electron chi connectivity index (χ2n) is 7.68. The molecule has 0 aliphatic heterocycles. The molecule has 3 aromatic heterocycles.